The number of nitrogens with two attached hydrogens (primary N) is 1. The first-order valence-electron chi connectivity index (χ1n) is 3.97. The number of halogens is 1. The minimum Gasteiger partial charge on any atom is -0.330 e. The summed E-state index contributed by atoms with van der Waals surface area (Å²) in [7, 11) is 0. The largest absolute Gasteiger partial charge is 0.330 e. The van der Waals surface area contributed by atoms with Crippen LogP contribution >= 0.6 is 22.9 Å². The second-order valence-electron chi connectivity index (χ2n) is 2.51. The van der Waals surface area contributed by atoms with Gasteiger partial charge in [0.25, 0.3) is 0 Å². The summed E-state index contributed by atoms with van der Waals surface area (Å²) in [6.45, 7) is 2.56. The number of nitrogens with one attached hydrogen (secondary N) is 1. The molecule has 0 amide bonds. The van der Waals surface area contributed by atoms with Gasteiger partial charge in [0.15, 0.2) is 0 Å². The first kappa shape index (κ1) is 9.99. The van der Waals surface area contributed by atoms with Gasteiger partial charge in [-0.05, 0) is 31.0 Å². The van der Waals surface area contributed by atoms with Crippen molar-refractivity contribution in [2.45, 2.75) is 13.0 Å². The van der Waals surface area contributed by atoms with Crippen LogP contribution in [0.25, 0.3) is 0 Å². The van der Waals surface area contributed by atoms with Crippen molar-refractivity contribution in [2.24, 2.45) is 5.73 Å². The van der Waals surface area contributed by atoms with Gasteiger partial charge in [-0.1, -0.05) is 11.6 Å². The molecule has 0 aliphatic heterocycles. The second kappa shape index (κ2) is 5.54. The van der Waals surface area contributed by atoms with Gasteiger partial charge in [-0.15, -0.1) is 11.3 Å². The lowest BCUT2D eigenvalue weighted by Gasteiger charge is -2.01. The van der Waals surface area contributed by atoms with Crippen molar-refractivity contribution < 1.29 is 0 Å². The minimum atomic E-state index is 0.741. The Morgan fingerprint density at radius 1 is 1.58 bits per heavy atom. The molecular weight excluding hydrogens is 192 g/mol. The van der Waals surface area contributed by atoms with Crippen molar-refractivity contribution >= 4 is 22.9 Å². The Hall–Kier alpha value is -0.0900. The molecule has 4 heteroatoms. The molecule has 1 aromatic heterocycles. The third-order valence-electron chi connectivity index (χ3n) is 1.53. The molecule has 0 fully saturated rings. The maximum atomic E-state index is 5.90. The molecule has 0 aliphatic carbocycles. The van der Waals surface area contributed by atoms with Crippen LogP contribution < -0.4 is 11.1 Å². The molecular formula is C8H13ClN2S. The van der Waals surface area contributed by atoms with Gasteiger partial charge in [-0.3, -0.25) is 0 Å². The SMILES string of the molecule is NCCCNCc1sccc1Cl. The smallest absolute Gasteiger partial charge is 0.0558 e. The van der Waals surface area contributed by atoms with E-state index >= 15 is 0 Å². The molecule has 0 spiro atoms. The van der Waals surface area contributed by atoms with Crippen LogP contribution in [0.3, 0.4) is 0 Å². The van der Waals surface area contributed by atoms with Crippen LogP contribution in [-0.4, -0.2) is 13.1 Å². The third-order valence-corrected chi connectivity index (χ3v) is 2.92. The molecule has 0 radical (unpaired) electrons. The molecule has 0 unspecified atom stereocenters. The van der Waals surface area contributed by atoms with E-state index in [0.29, 0.717) is 0 Å². The zero-order chi connectivity index (χ0) is 8.81. The van der Waals surface area contributed by atoms with Gasteiger partial charge < -0.3 is 11.1 Å². The summed E-state index contributed by atoms with van der Waals surface area (Å²) in [6, 6.07) is 1.92. The fourth-order valence-electron chi connectivity index (χ4n) is 0.880. The van der Waals surface area contributed by atoms with Gasteiger partial charge in [0.2, 0.25) is 0 Å². The molecule has 3 N–H and O–H groups in total. The zero-order valence-corrected chi connectivity index (χ0v) is 8.42. The number of rotatable bonds is 5. The van der Waals surface area contributed by atoms with E-state index in [1.165, 1.54) is 4.88 Å². The van der Waals surface area contributed by atoms with E-state index in [4.69, 9.17) is 17.3 Å². The first-order valence-corrected chi connectivity index (χ1v) is 5.23. The molecule has 1 heterocycles. The summed E-state index contributed by atoms with van der Waals surface area (Å²) in [5.41, 5.74) is 5.35. The highest BCUT2D eigenvalue weighted by atomic mass is 35.5. The fraction of sp³-hybridized carbons (Fsp3) is 0.500. The van der Waals surface area contributed by atoms with E-state index in [1.54, 1.807) is 11.3 Å². The maximum absolute atomic E-state index is 5.90. The number of thiophene rings is 1. The molecule has 1 rings (SSSR count). The van der Waals surface area contributed by atoms with Crippen LogP contribution in [0.15, 0.2) is 11.4 Å². The van der Waals surface area contributed by atoms with Crippen molar-refractivity contribution in [3.05, 3.63) is 21.3 Å². The average Bonchev–Trinajstić information content (AvgIpc) is 2.46. The maximum Gasteiger partial charge on any atom is 0.0558 e. The van der Waals surface area contributed by atoms with Gasteiger partial charge in [-0.25, -0.2) is 0 Å². The number of hydrogen-bond donors (Lipinski definition) is 2. The van der Waals surface area contributed by atoms with Crippen LogP contribution in [-0.2, 0) is 6.54 Å². The van der Waals surface area contributed by atoms with Gasteiger partial charge in [0, 0.05) is 11.4 Å². The third kappa shape index (κ3) is 3.11. The summed E-state index contributed by atoms with van der Waals surface area (Å²) in [4.78, 5) is 1.20. The Morgan fingerprint density at radius 2 is 2.42 bits per heavy atom. The predicted molar refractivity (Wildman–Crippen MR) is 54.7 cm³/mol. The minimum absolute atomic E-state index is 0.741. The van der Waals surface area contributed by atoms with E-state index < -0.39 is 0 Å². The summed E-state index contributed by atoms with van der Waals surface area (Å²) >= 11 is 7.58. The van der Waals surface area contributed by atoms with Gasteiger partial charge in [0.05, 0.1) is 5.02 Å². The molecule has 0 saturated carbocycles. The lowest BCUT2D eigenvalue weighted by atomic mass is 10.4. The lowest BCUT2D eigenvalue weighted by molar-refractivity contribution is 0.660. The van der Waals surface area contributed by atoms with Crippen LogP contribution in [0.4, 0.5) is 0 Å². The monoisotopic (exact) mass is 204 g/mol. The summed E-state index contributed by atoms with van der Waals surface area (Å²) in [5, 5.41) is 6.14. The van der Waals surface area contributed by atoms with Crippen molar-refractivity contribution in [1.82, 2.24) is 5.32 Å². The van der Waals surface area contributed by atoms with E-state index in [2.05, 4.69) is 5.32 Å². The van der Waals surface area contributed by atoms with Crippen molar-refractivity contribution in [3.8, 4) is 0 Å². The van der Waals surface area contributed by atoms with Gasteiger partial charge in [0.1, 0.15) is 0 Å². The second-order valence-corrected chi connectivity index (χ2v) is 3.92. The van der Waals surface area contributed by atoms with E-state index in [9.17, 15) is 0 Å². The average molecular weight is 205 g/mol. The first-order chi connectivity index (χ1) is 5.84. The molecule has 2 nitrogen and oxygen atoms in total. The highest BCUT2D eigenvalue weighted by Gasteiger charge is 1.99. The van der Waals surface area contributed by atoms with E-state index in [-0.39, 0.29) is 0 Å². The predicted octanol–water partition coefficient (Wildman–Crippen LogP) is 1.84. The highest BCUT2D eigenvalue weighted by molar-refractivity contribution is 7.10. The fourth-order valence-corrected chi connectivity index (χ4v) is 1.95. The van der Waals surface area contributed by atoms with Crippen molar-refractivity contribution in [2.75, 3.05) is 13.1 Å². The molecule has 1 aromatic rings. The molecule has 0 aromatic carbocycles. The molecule has 12 heavy (non-hydrogen) atoms. The van der Waals surface area contributed by atoms with Crippen LogP contribution in [0.1, 0.15) is 11.3 Å². The molecule has 68 valence electrons. The lowest BCUT2D eigenvalue weighted by Crippen LogP contribution is -2.17. The topological polar surface area (TPSA) is 38.0 Å². The summed E-state index contributed by atoms with van der Waals surface area (Å²) in [6.07, 6.45) is 1.02. The van der Waals surface area contributed by atoms with E-state index in [0.717, 1.165) is 31.1 Å². The van der Waals surface area contributed by atoms with Crippen molar-refractivity contribution in [3.63, 3.8) is 0 Å². The Bertz CT molecular complexity index is 225. The van der Waals surface area contributed by atoms with Crippen molar-refractivity contribution in [1.29, 1.82) is 0 Å². The van der Waals surface area contributed by atoms with Crippen LogP contribution in [0.5, 0.6) is 0 Å². The van der Waals surface area contributed by atoms with Crippen LogP contribution in [0.2, 0.25) is 5.02 Å². The summed E-state index contributed by atoms with van der Waals surface area (Å²) < 4.78 is 0. The quantitative estimate of drug-likeness (QED) is 0.719. The molecule has 0 aliphatic rings. The molecule has 0 saturated heterocycles. The Labute approximate surface area is 81.7 Å². The summed E-state index contributed by atoms with van der Waals surface area (Å²) in [5.74, 6) is 0. The molecule has 0 bridgehead atoms. The van der Waals surface area contributed by atoms with E-state index in [1.807, 2.05) is 11.4 Å². The Kier molecular flexibility index (Phi) is 4.61. The van der Waals surface area contributed by atoms with Gasteiger partial charge in [-0.2, -0.15) is 0 Å². The standard InChI is InChI=1S/C8H13ClN2S/c9-7-2-5-12-8(7)6-11-4-1-3-10/h2,5,11H,1,3-4,6,10H2. The normalized spacial score (nSPS) is 10.5. The van der Waals surface area contributed by atoms with Gasteiger partial charge >= 0.3 is 0 Å². The number of hydrogen-bond acceptors (Lipinski definition) is 3. The van der Waals surface area contributed by atoms with Crippen LogP contribution in [0, 0.1) is 0 Å². The highest BCUT2D eigenvalue weighted by Crippen LogP contribution is 2.21. The Balaban J connectivity index is 2.20. The zero-order valence-electron chi connectivity index (χ0n) is 6.85. The molecule has 0 atom stereocenters. The Morgan fingerprint density at radius 3 is 3.00 bits per heavy atom.